The number of benzene rings is 2. The van der Waals surface area contributed by atoms with Gasteiger partial charge in [-0.15, -0.1) is 0 Å². The Morgan fingerprint density at radius 3 is 2.53 bits per heavy atom. The van der Waals surface area contributed by atoms with Crippen molar-refractivity contribution in [2.24, 2.45) is 0 Å². The lowest BCUT2D eigenvalue weighted by molar-refractivity contribution is 0.295. The predicted octanol–water partition coefficient (Wildman–Crippen LogP) is 5.50. The molecule has 0 atom stereocenters. The van der Waals surface area contributed by atoms with Gasteiger partial charge in [0.2, 0.25) is 0 Å². The molecule has 0 fully saturated rings. The standard InChI is InChI=1S/C27H25N5/c28-16-19-4-6-25-23(13-19)15-27(31-25)21-8-11-32(12-9-21)10-2-1-3-22-18-30-26-7-5-20(17-29)14-24(22)26/h4-8,13-15,18,30-31H,1-3,9-12H2. The van der Waals surface area contributed by atoms with Gasteiger partial charge in [-0.1, -0.05) is 6.08 Å². The maximum atomic E-state index is 9.15. The summed E-state index contributed by atoms with van der Waals surface area (Å²) < 4.78 is 0. The number of hydrogen-bond acceptors (Lipinski definition) is 3. The first-order valence-electron chi connectivity index (χ1n) is 11.2. The smallest absolute Gasteiger partial charge is 0.0991 e. The molecule has 3 heterocycles. The van der Waals surface area contributed by atoms with E-state index in [2.05, 4.69) is 45.3 Å². The van der Waals surface area contributed by atoms with Crippen molar-refractivity contribution >= 4 is 27.4 Å². The average molecular weight is 420 g/mol. The first kappa shape index (κ1) is 20.1. The summed E-state index contributed by atoms with van der Waals surface area (Å²) in [6.45, 7) is 3.16. The number of aryl methyl sites for hydroxylation is 1. The Labute approximate surface area is 187 Å². The molecule has 2 N–H and O–H groups in total. The number of aromatic nitrogens is 2. The van der Waals surface area contributed by atoms with Crippen molar-refractivity contribution in [1.29, 1.82) is 10.5 Å². The quantitative estimate of drug-likeness (QED) is 0.405. The Bertz CT molecular complexity index is 1390. The molecule has 158 valence electrons. The van der Waals surface area contributed by atoms with Gasteiger partial charge in [-0.2, -0.15) is 10.5 Å². The van der Waals surface area contributed by atoms with Gasteiger partial charge in [0.25, 0.3) is 0 Å². The SMILES string of the molecule is N#Cc1ccc2[nH]c(C3=CCN(CCCCc4c[nH]c5ccc(C#N)cc45)CC3)cc2c1. The molecule has 0 bridgehead atoms. The monoisotopic (exact) mass is 419 g/mol. The molecule has 0 unspecified atom stereocenters. The largest absolute Gasteiger partial charge is 0.361 e. The lowest BCUT2D eigenvalue weighted by Crippen LogP contribution is -2.29. The first-order valence-corrected chi connectivity index (χ1v) is 11.2. The highest BCUT2D eigenvalue weighted by Crippen LogP contribution is 2.26. The minimum atomic E-state index is 0.699. The Hall–Kier alpha value is -3.80. The van der Waals surface area contributed by atoms with Crippen molar-refractivity contribution in [3.63, 3.8) is 0 Å². The van der Waals surface area contributed by atoms with E-state index in [1.165, 1.54) is 22.2 Å². The maximum Gasteiger partial charge on any atom is 0.0991 e. The Kier molecular flexibility index (Phi) is 5.50. The third-order valence-electron chi connectivity index (χ3n) is 6.46. The predicted molar refractivity (Wildman–Crippen MR) is 128 cm³/mol. The van der Waals surface area contributed by atoms with Crippen molar-refractivity contribution in [3.8, 4) is 12.1 Å². The van der Waals surface area contributed by atoms with E-state index >= 15 is 0 Å². The zero-order chi connectivity index (χ0) is 21.9. The van der Waals surface area contributed by atoms with Crippen LogP contribution in [0.25, 0.3) is 27.4 Å². The van der Waals surface area contributed by atoms with Crippen molar-refractivity contribution in [2.75, 3.05) is 19.6 Å². The molecule has 0 spiro atoms. The summed E-state index contributed by atoms with van der Waals surface area (Å²) in [4.78, 5) is 9.34. The minimum Gasteiger partial charge on any atom is -0.361 e. The van der Waals surface area contributed by atoms with Gasteiger partial charge in [0.1, 0.15) is 0 Å². The van der Waals surface area contributed by atoms with E-state index in [1.54, 1.807) is 0 Å². The van der Waals surface area contributed by atoms with Crippen LogP contribution in [0.5, 0.6) is 0 Å². The molecule has 0 aliphatic carbocycles. The van der Waals surface area contributed by atoms with Gasteiger partial charge in [0.05, 0.1) is 23.3 Å². The number of hydrogen-bond donors (Lipinski definition) is 2. The van der Waals surface area contributed by atoms with Gasteiger partial charge in [-0.25, -0.2) is 0 Å². The second-order valence-electron chi connectivity index (χ2n) is 8.52. The van der Waals surface area contributed by atoms with Gasteiger partial charge >= 0.3 is 0 Å². The zero-order valence-electron chi connectivity index (χ0n) is 18.0. The van der Waals surface area contributed by atoms with Crippen LogP contribution in [-0.4, -0.2) is 34.5 Å². The molecule has 4 aromatic rings. The fourth-order valence-electron chi connectivity index (χ4n) is 4.64. The molecule has 2 aromatic carbocycles. The van der Waals surface area contributed by atoms with E-state index in [4.69, 9.17) is 10.5 Å². The zero-order valence-corrected chi connectivity index (χ0v) is 18.0. The van der Waals surface area contributed by atoms with Crippen LogP contribution in [0.4, 0.5) is 0 Å². The summed E-state index contributed by atoms with van der Waals surface area (Å²) in [6, 6.07) is 18.2. The Morgan fingerprint density at radius 1 is 0.938 bits per heavy atom. The van der Waals surface area contributed by atoms with Gasteiger partial charge in [-0.05, 0) is 85.8 Å². The van der Waals surface area contributed by atoms with Gasteiger partial charge in [-0.3, -0.25) is 4.90 Å². The molecule has 5 nitrogen and oxygen atoms in total. The van der Waals surface area contributed by atoms with E-state index in [0.717, 1.165) is 67.3 Å². The molecule has 32 heavy (non-hydrogen) atoms. The van der Waals surface area contributed by atoms with Crippen LogP contribution in [0.15, 0.2) is 54.7 Å². The third kappa shape index (κ3) is 4.04. The molecular weight excluding hydrogens is 394 g/mol. The minimum absolute atomic E-state index is 0.699. The number of unbranched alkanes of at least 4 members (excludes halogenated alkanes) is 1. The molecule has 5 heteroatoms. The maximum absolute atomic E-state index is 9.15. The lowest BCUT2D eigenvalue weighted by Gasteiger charge is -2.26. The summed E-state index contributed by atoms with van der Waals surface area (Å²) in [5.41, 5.74) is 7.44. The van der Waals surface area contributed by atoms with E-state index in [9.17, 15) is 0 Å². The highest BCUT2D eigenvalue weighted by molar-refractivity contribution is 5.86. The number of rotatable bonds is 6. The second kappa shape index (κ2) is 8.75. The topological polar surface area (TPSA) is 82.4 Å². The lowest BCUT2D eigenvalue weighted by atomic mass is 10.0. The molecule has 1 aliphatic heterocycles. The fraction of sp³-hybridized carbons (Fsp3) is 0.259. The van der Waals surface area contributed by atoms with Gasteiger partial charge in [0, 0.05) is 46.8 Å². The number of nitrogens with zero attached hydrogens (tertiary/aromatic N) is 3. The van der Waals surface area contributed by atoms with Crippen molar-refractivity contribution in [3.05, 3.63) is 77.1 Å². The van der Waals surface area contributed by atoms with Crippen molar-refractivity contribution < 1.29 is 0 Å². The molecule has 0 radical (unpaired) electrons. The summed E-state index contributed by atoms with van der Waals surface area (Å²) >= 11 is 0. The highest BCUT2D eigenvalue weighted by Gasteiger charge is 2.14. The van der Waals surface area contributed by atoms with Crippen LogP contribution in [0, 0.1) is 22.7 Å². The van der Waals surface area contributed by atoms with E-state index < -0.39 is 0 Å². The number of fused-ring (bicyclic) bond motifs is 2. The summed E-state index contributed by atoms with van der Waals surface area (Å²) in [7, 11) is 0. The van der Waals surface area contributed by atoms with Crippen molar-refractivity contribution in [1.82, 2.24) is 14.9 Å². The molecule has 0 amide bonds. The number of aromatic amines is 2. The van der Waals surface area contributed by atoms with Gasteiger partial charge < -0.3 is 9.97 Å². The van der Waals surface area contributed by atoms with Crippen LogP contribution in [0.3, 0.4) is 0 Å². The number of H-pyrrole nitrogens is 2. The molecule has 1 aliphatic rings. The van der Waals surface area contributed by atoms with E-state index in [-0.39, 0.29) is 0 Å². The molecule has 0 saturated heterocycles. The van der Waals surface area contributed by atoms with Crippen molar-refractivity contribution in [2.45, 2.75) is 25.7 Å². The fourth-order valence-corrected chi connectivity index (χ4v) is 4.64. The normalized spacial score (nSPS) is 14.4. The van der Waals surface area contributed by atoms with Crippen LogP contribution >= 0.6 is 0 Å². The van der Waals surface area contributed by atoms with Crippen LogP contribution in [0.2, 0.25) is 0 Å². The average Bonchev–Trinajstić information content (AvgIpc) is 3.45. The van der Waals surface area contributed by atoms with Crippen LogP contribution in [-0.2, 0) is 6.42 Å². The summed E-state index contributed by atoms with van der Waals surface area (Å²) in [6.07, 6.45) is 8.79. The highest BCUT2D eigenvalue weighted by atomic mass is 15.1. The molecule has 0 saturated carbocycles. The molecular formula is C27H25N5. The number of nitrogens with one attached hydrogen (secondary N) is 2. The number of nitriles is 2. The molecule has 5 rings (SSSR count). The first-order chi connectivity index (χ1) is 15.7. The van der Waals surface area contributed by atoms with Crippen LogP contribution < -0.4 is 0 Å². The summed E-state index contributed by atoms with van der Waals surface area (Å²) in [5, 5.41) is 20.5. The van der Waals surface area contributed by atoms with Gasteiger partial charge in [0.15, 0.2) is 0 Å². The van der Waals surface area contributed by atoms with Crippen LogP contribution in [0.1, 0.15) is 41.6 Å². The summed E-state index contributed by atoms with van der Waals surface area (Å²) in [5.74, 6) is 0. The Morgan fingerprint density at radius 2 is 1.75 bits per heavy atom. The van der Waals surface area contributed by atoms with E-state index in [1.807, 2.05) is 36.4 Å². The molecule has 2 aromatic heterocycles. The Balaban J connectivity index is 1.15. The van der Waals surface area contributed by atoms with E-state index in [0.29, 0.717) is 5.56 Å². The third-order valence-corrected chi connectivity index (χ3v) is 6.46. The second-order valence-corrected chi connectivity index (χ2v) is 8.52.